The summed E-state index contributed by atoms with van der Waals surface area (Å²) in [6.45, 7) is 8.25. The van der Waals surface area contributed by atoms with E-state index in [-0.39, 0.29) is 42.5 Å². The molecule has 0 aromatic heterocycles. The highest BCUT2D eigenvalue weighted by Crippen LogP contribution is 2.56. The number of hydrogen-bond acceptors (Lipinski definition) is 4. The minimum atomic E-state index is -0.813. The van der Waals surface area contributed by atoms with E-state index in [4.69, 9.17) is 0 Å². The molecular weight excluding hydrogens is 292 g/mol. The zero-order valence-electron chi connectivity index (χ0n) is 14.8. The molecule has 0 heterocycles. The molecule has 2 aliphatic rings. The second-order valence-electron chi connectivity index (χ2n) is 7.85. The van der Waals surface area contributed by atoms with E-state index < -0.39 is 17.6 Å². The number of carbonyl (C=O) groups excluding carboxylic acids is 1. The number of Topliss-reactive ketones (excluding diaryl/α,β-unsaturated/α-hetero) is 1. The lowest BCUT2D eigenvalue weighted by atomic mass is 9.49. The van der Waals surface area contributed by atoms with Gasteiger partial charge >= 0.3 is 0 Å². The zero-order chi connectivity index (χ0) is 17.4. The fraction of sp³-hybridized carbons (Fsp3) is 0.842. The van der Waals surface area contributed by atoms with E-state index in [1.54, 1.807) is 0 Å². The zero-order valence-corrected chi connectivity index (χ0v) is 14.8. The first kappa shape index (κ1) is 18.6. The summed E-state index contributed by atoms with van der Waals surface area (Å²) in [5.74, 6) is 0.516. The van der Waals surface area contributed by atoms with Crippen LogP contribution in [-0.2, 0) is 4.79 Å². The second-order valence-corrected chi connectivity index (χ2v) is 7.85. The Hall–Kier alpha value is -0.710. The Morgan fingerprint density at radius 2 is 2.00 bits per heavy atom. The van der Waals surface area contributed by atoms with Gasteiger partial charge in [-0.2, -0.15) is 0 Å². The van der Waals surface area contributed by atoms with Crippen LogP contribution in [0.5, 0.6) is 0 Å². The second kappa shape index (κ2) is 7.04. The number of aliphatic hydroxyl groups is 3. The van der Waals surface area contributed by atoms with Gasteiger partial charge in [0.15, 0.2) is 0 Å². The Labute approximate surface area is 139 Å². The van der Waals surface area contributed by atoms with E-state index in [1.807, 2.05) is 13.0 Å². The van der Waals surface area contributed by atoms with E-state index in [1.165, 1.54) is 0 Å². The van der Waals surface area contributed by atoms with Gasteiger partial charge in [0, 0.05) is 24.4 Å². The highest BCUT2D eigenvalue weighted by atomic mass is 16.3. The van der Waals surface area contributed by atoms with E-state index in [9.17, 15) is 20.1 Å². The van der Waals surface area contributed by atoms with Gasteiger partial charge in [-0.05, 0) is 30.1 Å². The van der Waals surface area contributed by atoms with Crippen LogP contribution in [0.2, 0.25) is 0 Å². The van der Waals surface area contributed by atoms with Crippen LogP contribution >= 0.6 is 0 Å². The molecule has 0 unspecified atom stereocenters. The summed E-state index contributed by atoms with van der Waals surface area (Å²) in [5, 5.41) is 29.9. The molecule has 3 N–H and O–H groups in total. The molecular formula is C19H32O4. The molecule has 2 aliphatic carbocycles. The number of rotatable bonds is 5. The van der Waals surface area contributed by atoms with Crippen molar-refractivity contribution in [3.63, 3.8) is 0 Å². The molecule has 4 nitrogen and oxygen atoms in total. The first-order valence-electron chi connectivity index (χ1n) is 8.97. The first-order valence-corrected chi connectivity index (χ1v) is 8.97. The van der Waals surface area contributed by atoms with Crippen molar-refractivity contribution < 1.29 is 20.1 Å². The van der Waals surface area contributed by atoms with Crippen molar-refractivity contribution in [2.45, 2.75) is 59.2 Å². The lowest BCUT2D eigenvalue weighted by molar-refractivity contribution is -0.154. The summed E-state index contributed by atoms with van der Waals surface area (Å²) in [6, 6.07) is 0. The maximum Gasteiger partial charge on any atom is 0.141 e. The van der Waals surface area contributed by atoms with Gasteiger partial charge in [-0.1, -0.05) is 46.3 Å². The van der Waals surface area contributed by atoms with Crippen LogP contribution in [0.1, 0.15) is 47.0 Å². The molecule has 0 radical (unpaired) electrons. The summed E-state index contributed by atoms with van der Waals surface area (Å²) in [5.41, 5.74) is -0.599. The minimum Gasteiger partial charge on any atom is -0.396 e. The number of aliphatic hydroxyl groups excluding tert-OH is 3. The molecule has 0 amide bonds. The Kier molecular flexibility index (Phi) is 5.70. The van der Waals surface area contributed by atoms with Gasteiger partial charge in [0.1, 0.15) is 5.78 Å². The van der Waals surface area contributed by atoms with E-state index in [0.29, 0.717) is 12.3 Å². The predicted octanol–water partition coefficient (Wildman–Crippen LogP) is 2.17. The molecule has 1 saturated carbocycles. The number of ketones is 1. The summed E-state index contributed by atoms with van der Waals surface area (Å²) >= 11 is 0. The van der Waals surface area contributed by atoms with Crippen LogP contribution in [0.15, 0.2) is 12.2 Å². The van der Waals surface area contributed by atoms with E-state index in [2.05, 4.69) is 26.8 Å². The highest BCUT2D eigenvalue weighted by molar-refractivity contribution is 5.86. The average molecular weight is 324 g/mol. The first-order chi connectivity index (χ1) is 10.8. The Morgan fingerprint density at radius 1 is 1.35 bits per heavy atom. The molecule has 2 rings (SSSR count). The van der Waals surface area contributed by atoms with Crippen molar-refractivity contribution in [2.75, 3.05) is 6.61 Å². The van der Waals surface area contributed by atoms with Crippen molar-refractivity contribution in [2.24, 2.45) is 35.0 Å². The fourth-order valence-corrected chi connectivity index (χ4v) is 5.19. The van der Waals surface area contributed by atoms with Gasteiger partial charge in [-0.15, -0.1) is 0 Å². The third kappa shape index (κ3) is 3.01. The standard InChI is InChI=1S/C19H32O4/c1-5-11(2)14-7-6-13-17(12(3)10-15(21)18(13)23)19(14,4)16(22)8-9-20/h6-7,11-15,17-18,20-21,23H,5,8-10H2,1-4H3/t11-,12-,13-,14-,15+,17+,18+,19-/m1/s1. The van der Waals surface area contributed by atoms with Crippen molar-refractivity contribution in [3.8, 4) is 0 Å². The van der Waals surface area contributed by atoms with Gasteiger partial charge < -0.3 is 15.3 Å². The van der Waals surface area contributed by atoms with Gasteiger partial charge in [-0.25, -0.2) is 0 Å². The van der Waals surface area contributed by atoms with Crippen molar-refractivity contribution in [3.05, 3.63) is 12.2 Å². The lowest BCUT2D eigenvalue weighted by Crippen LogP contribution is -2.58. The van der Waals surface area contributed by atoms with Gasteiger partial charge in [0.25, 0.3) is 0 Å². The fourth-order valence-electron chi connectivity index (χ4n) is 5.19. The number of allylic oxidation sites excluding steroid dienone is 1. The van der Waals surface area contributed by atoms with Crippen molar-refractivity contribution in [1.82, 2.24) is 0 Å². The molecule has 8 atom stereocenters. The molecule has 4 heteroatoms. The summed E-state index contributed by atoms with van der Waals surface area (Å²) in [7, 11) is 0. The van der Waals surface area contributed by atoms with Crippen molar-refractivity contribution >= 4 is 5.78 Å². The molecule has 0 bridgehead atoms. The minimum absolute atomic E-state index is 0.00366. The monoisotopic (exact) mass is 324 g/mol. The molecule has 0 saturated heterocycles. The third-order valence-corrected chi connectivity index (χ3v) is 6.55. The quantitative estimate of drug-likeness (QED) is 0.677. The molecule has 132 valence electrons. The Balaban J connectivity index is 2.50. The summed E-state index contributed by atoms with van der Waals surface area (Å²) in [6.07, 6.45) is 4.22. The van der Waals surface area contributed by atoms with E-state index in [0.717, 1.165) is 6.42 Å². The Bertz CT molecular complexity index is 460. The maximum atomic E-state index is 13.0. The number of fused-ring (bicyclic) bond motifs is 1. The topological polar surface area (TPSA) is 77.8 Å². The average Bonchev–Trinajstić information content (AvgIpc) is 2.51. The van der Waals surface area contributed by atoms with Crippen LogP contribution in [0.4, 0.5) is 0 Å². The van der Waals surface area contributed by atoms with Crippen molar-refractivity contribution in [1.29, 1.82) is 0 Å². The predicted molar refractivity (Wildman–Crippen MR) is 89.7 cm³/mol. The van der Waals surface area contributed by atoms with Gasteiger partial charge in [-0.3, -0.25) is 4.79 Å². The molecule has 0 aliphatic heterocycles. The molecule has 1 fully saturated rings. The van der Waals surface area contributed by atoms with E-state index >= 15 is 0 Å². The third-order valence-electron chi connectivity index (χ3n) is 6.55. The van der Waals surface area contributed by atoms with Crippen LogP contribution in [-0.4, -0.2) is 39.9 Å². The summed E-state index contributed by atoms with van der Waals surface area (Å²) in [4.78, 5) is 13.0. The number of carbonyl (C=O) groups is 1. The van der Waals surface area contributed by atoms with Gasteiger partial charge in [0.2, 0.25) is 0 Å². The lowest BCUT2D eigenvalue weighted by Gasteiger charge is -2.55. The number of hydrogen-bond donors (Lipinski definition) is 3. The molecule has 0 aromatic rings. The highest BCUT2D eigenvalue weighted by Gasteiger charge is 2.57. The SMILES string of the molecule is CC[C@@H](C)[C@H]1C=C[C@H]2[C@H](O)[C@@H](O)C[C@@H](C)[C@@H]2[C@@]1(C)C(=O)CCO. The largest absolute Gasteiger partial charge is 0.396 e. The summed E-state index contributed by atoms with van der Waals surface area (Å²) < 4.78 is 0. The molecule has 0 aromatic carbocycles. The smallest absolute Gasteiger partial charge is 0.141 e. The molecule has 0 spiro atoms. The van der Waals surface area contributed by atoms with Crippen LogP contribution in [0.3, 0.4) is 0 Å². The Morgan fingerprint density at radius 3 is 2.57 bits per heavy atom. The van der Waals surface area contributed by atoms with Crippen LogP contribution in [0.25, 0.3) is 0 Å². The maximum absolute atomic E-state index is 13.0. The van der Waals surface area contributed by atoms with Gasteiger partial charge in [0.05, 0.1) is 12.2 Å². The van der Waals surface area contributed by atoms with Crippen LogP contribution < -0.4 is 0 Å². The van der Waals surface area contributed by atoms with Crippen LogP contribution in [0, 0.1) is 35.0 Å². The normalized spacial score (nSPS) is 44.7. The molecule has 23 heavy (non-hydrogen) atoms.